The SMILES string of the molecule is COc1ccc2c(c1)C(CCSC)N(C(=O)Nc1ccc(OC(F)(F)F)cc1)N2. The third-order valence-corrected chi connectivity index (χ3v) is 4.97. The molecule has 29 heavy (non-hydrogen) atoms. The number of nitrogens with zero attached hydrogens (tertiary/aromatic N) is 1. The van der Waals surface area contributed by atoms with Crippen LogP contribution in [0.1, 0.15) is 18.0 Å². The van der Waals surface area contributed by atoms with Crippen molar-refractivity contribution in [3.05, 3.63) is 48.0 Å². The number of carbonyl (C=O) groups is 1. The molecule has 156 valence electrons. The summed E-state index contributed by atoms with van der Waals surface area (Å²) in [5.41, 5.74) is 5.19. The topological polar surface area (TPSA) is 62.8 Å². The van der Waals surface area contributed by atoms with Gasteiger partial charge >= 0.3 is 12.4 Å². The van der Waals surface area contributed by atoms with Crippen LogP contribution in [0.5, 0.6) is 11.5 Å². The molecule has 1 aliphatic heterocycles. The summed E-state index contributed by atoms with van der Waals surface area (Å²) in [5.74, 6) is 1.19. The second-order valence-electron chi connectivity index (χ2n) is 6.23. The fraction of sp³-hybridized carbons (Fsp3) is 0.316. The van der Waals surface area contributed by atoms with Gasteiger partial charge in [0.2, 0.25) is 0 Å². The Morgan fingerprint density at radius 3 is 2.52 bits per heavy atom. The molecule has 2 N–H and O–H groups in total. The largest absolute Gasteiger partial charge is 0.573 e. The average Bonchev–Trinajstić information content (AvgIpc) is 3.04. The second-order valence-corrected chi connectivity index (χ2v) is 7.22. The fourth-order valence-corrected chi connectivity index (χ4v) is 3.48. The van der Waals surface area contributed by atoms with E-state index in [0.29, 0.717) is 11.4 Å². The summed E-state index contributed by atoms with van der Waals surface area (Å²) in [4.78, 5) is 12.8. The highest BCUT2D eigenvalue weighted by Crippen LogP contribution is 2.40. The number of ether oxygens (including phenoxy) is 2. The van der Waals surface area contributed by atoms with E-state index in [1.807, 2.05) is 18.4 Å². The minimum atomic E-state index is -4.76. The Hall–Kier alpha value is -2.75. The van der Waals surface area contributed by atoms with E-state index < -0.39 is 12.4 Å². The zero-order valence-corrected chi connectivity index (χ0v) is 16.6. The van der Waals surface area contributed by atoms with Crippen molar-refractivity contribution >= 4 is 29.2 Å². The van der Waals surface area contributed by atoms with Gasteiger partial charge in [0, 0.05) is 11.3 Å². The second kappa shape index (κ2) is 8.73. The highest BCUT2D eigenvalue weighted by atomic mass is 32.2. The molecule has 10 heteroatoms. The monoisotopic (exact) mass is 427 g/mol. The molecule has 0 aromatic heterocycles. The molecule has 0 saturated carbocycles. The van der Waals surface area contributed by atoms with Crippen molar-refractivity contribution in [2.24, 2.45) is 0 Å². The van der Waals surface area contributed by atoms with Crippen molar-refractivity contribution in [3.8, 4) is 11.5 Å². The van der Waals surface area contributed by atoms with Crippen LogP contribution in [-0.2, 0) is 0 Å². The Balaban J connectivity index is 1.73. The summed E-state index contributed by atoms with van der Waals surface area (Å²) >= 11 is 1.67. The lowest BCUT2D eigenvalue weighted by Crippen LogP contribution is -2.38. The summed E-state index contributed by atoms with van der Waals surface area (Å²) in [7, 11) is 1.58. The maximum atomic E-state index is 12.8. The van der Waals surface area contributed by atoms with Gasteiger partial charge in [-0.3, -0.25) is 5.43 Å². The fourth-order valence-electron chi connectivity index (χ4n) is 3.02. The molecular weight excluding hydrogens is 407 g/mol. The third kappa shape index (κ3) is 5.20. The van der Waals surface area contributed by atoms with Gasteiger partial charge in [-0.15, -0.1) is 13.2 Å². The standard InChI is InChI=1S/C19H20F3N3O3S/c1-27-14-7-8-16-15(11-14)17(9-10-29-2)25(24-16)18(26)23-12-3-5-13(6-4-12)28-19(20,21)22/h3-8,11,17,24H,9-10H2,1-2H3,(H,23,26). The number of hydrogen-bond acceptors (Lipinski definition) is 5. The van der Waals surface area contributed by atoms with Gasteiger partial charge in [-0.05, 0) is 60.9 Å². The van der Waals surface area contributed by atoms with E-state index in [1.54, 1.807) is 24.9 Å². The molecule has 1 atom stereocenters. The van der Waals surface area contributed by atoms with E-state index in [4.69, 9.17) is 4.74 Å². The Labute approximate surface area is 170 Å². The number of urea groups is 1. The number of hydrogen-bond donors (Lipinski definition) is 2. The Morgan fingerprint density at radius 1 is 1.21 bits per heavy atom. The van der Waals surface area contributed by atoms with Crippen LogP contribution in [0.3, 0.4) is 0 Å². The number of methoxy groups -OCH3 is 1. The molecule has 6 nitrogen and oxygen atoms in total. The van der Waals surface area contributed by atoms with Crippen LogP contribution in [0.4, 0.5) is 29.3 Å². The third-order valence-electron chi connectivity index (χ3n) is 4.32. The van der Waals surface area contributed by atoms with Crippen molar-refractivity contribution in [3.63, 3.8) is 0 Å². The van der Waals surface area contributed by atoms with Gasteiger partial charge in [0.1, 0.15) is 11.5 Å². The predicted molar refractivity (Wildman–Crippen MR) is 106 cm³/mol. The number of halogens is 3. The summed E-state index contributed by atoms with van der Waals surface area (Å²) in [6.45, 7) is 0. The summed E-state index contributed by atoms with van der Waals surface area (Å²) in [6, 6.07) is 9.90. The summed E-state index contributed by atoms with van der Waals surface area (Å²) in [5, 5.41) is 4.18. The van der Waals surface area contributed by atoms with E-state index in [1.165, 1.54) is 17.1 Å². The molecule has 1 heterocycles. The lowest BCUT2D eigenvalue weighted by molar-refractivity contribution is -0.274. The van der Waals surface area contributed by atoms with E-state index in [9.17, 15) is 18.0 Å². The predicted octanol–water partition coefficient (Wildman–Crippen LogP) is 5.26. The molecule has 0 spiro atoms. The van der Waals surface area contributed by atoms with Crippen molar-refractivity contribution < 1.29 is 27.4 Å². The first-order valence-corrected chi connectivity index (χ1v) is 10.1. The lowest BCUT2D eigenvalue weighted by atomic mass is 10.0. The molecule has 0 bridgehead atoms. The average molecular weight is 427 g/mol. The number of nitrogens with one attached hydrogen (secondary N) is 2. The number of rotatable bonds is 6. The maximum Gasteiger partial charge on any atom is 0.573 e. The van der Waals surface area contributed by atoms with Gasteiger partial charge in [0.15, 0.2) is 0 Å². The Morgan fingerprint density at radius 2 is 1.90 bits per heavy atom. The number of anilines is 2. The summed E-state index contributed by atoms with van der Waals surface area (Å²) in [6.07, 6.45) is -2.05. The molecule has 1 aliphatic rings. The minimum Gasteiger partial charge on any atom is -0.497 e. The number of carbonyl (C=O) groups excluding carboxylic acids is 1. The van der Waals surface area contributed by atoms with E-state index >= 15 is 0 Å². The zero-order chi connectivity index (χ0) is 21.0. The molecular formula is C19H20F3N3O3S. The molecule has 0 fully saturated rings. The highest BCUT2D eigenvalue weighted by molar-refractivity contribution is 7.98. The highest BCUT2D eigenvalue weighted by Gasteiger charge is 2.34. The molecule has 2 amide bonds. The van der Waals surface area contributed by atoms with Crippen molar-refractivity contribution in [1.82, 2.24) is 5.01 Å². The van der Waals surface area contributed by atoms with Crippen molar-refractivity contribution in [2.45, 2.75) is 18.8 Å². The van der Waals surface area contributed by atoms with Gasteiger partial charge in [0.05, 0.1) is 18.8 Å². The molecule has 0 radical (unpaired) electrons. The van der Waals surface area contributed by atoms with Crippen LogP contribution in [0.2, 0.25) is 0 Å². The number of thioether (sulfide) groups is 1. The van der Waals surface area contributed by atoms with Gasteiger partial charge in [-0.1, -0.05) is 0 Å². The van der Waals surface area contributed by atoms with Crippen molar-refractivity contribution in [1.29, 1.82) is 0 Å². The van der Waals surface area contributed by atoms with E-state index in [0.717, 1.165) is 35.6 Å². The van der Waals surface area contributed by atoms with Gasteiger partial charge in [0.25, 0.3) is 0 Å². The number of alkyl halides is 3. The van der Waals surface area contributed by atoms with E-state index in [-0.39, 0.29) is 11.8 Å². The van der Waals surface area contributed by atoms with Gasteiger partial charge in [-0.2, -0.15) is 11.8 Å². The van der Waals surface area contributed by atoms with Crippen LogP contribution in [0.25, 0.3) is 0 Å². The van der Waals surface area contributed by atoms with Crippen LogP contribution in [0.15, 0.2) is 42.5 Å². The smallest absolute Gasteiger partial charge is 0.497 e. The number of amides is 2. The van der Waals surface area contributed by atoms with Gasteiger partial charge in [-0.25, -0.2) is 9.80 Å². The first-order chi connectivity index (χ1) is 13.8. The van der Waals surface area contributed by atoms with Crippen LogP contribution < -0.4 is 20.2 Å². The molecule has 2 aromatic carbocycles. The maximum absolute atomic E-state index is 12.8. The van der Waals surface area contributed by atoms with Gasteiger partial charge < -0.3 is 14.8 Å². The number of benzene rings is 2. The molecule has 1 unspecified atom stereocenters. The minimum absolute atomic E-state index is 0.208. The normalized spacial score (nSPS) is 15.5. The first-order valence-electron chi connectivity index (χ1n) is 8.70. The molecule has 0 saturated heterocycles. The molecule has 3 rings (SSSR count). The summed E-state index contributed by atoms with van der Waals surface area (Å²) < 4.78 is 45.9. The van der Waals surface area contributed by atoms with Crippen LogP contribution in [0, 0.1) is 0 Å². The first kappa shape index (κ1) is 21.0. The lowest BCUT2D eigenvalue weighted by Gasteiger charge is -2.25. The molecule has 0 aliphatic carbocycles. The number of hydrazine groups is 1. The van der Waals surface area contributed by atoms with Crippen molar-refractivity contribution in [2.75, 3.05) is 29.9 Å². The Kier molecular flexibility index (Phi) is 6.31. The number of fused-ring (bicyclic) bond motifs is 1. The Bertz CT molecular complexity index is 862. The van der Waals surface area contributed by atoms with E-state index in [2.05, 4.69) is 15.5 Å². The van der Waals surface area contributed by atoms with Crippen LogP contribution >= 0.6 is 11.8 Å². The van der Waals surface area contributed by atoms with Crippen LogP contribution in [-0.4, -0.2) is 36.5 Å². The quantitative estimate of drug-likeness (QED) is 0.658. The molecule has 2 aromatic rings. The zero-order valence-electron chi connectivity index (χ0n) is 15.7.